The second kappa shape index (κ2) is 10.7. The summed E-state index contributed by atoms with van der Waals surface area (Å²) in [4.78, 5) is 51.8. The molecule has 1 aliphatic rings. The fourth-order valence-corrected chi connectivity index (χ4v) is 5.20. The predicted molar refractivity (Wildman–Crippen MR) is 119 cm³/mol. The smallest absolute Gasteiger partial charge is 0.256 e. The Morgan fingerprint density at radius 1 is 1.26 bits per heavy atom. The van der Waals surface area contributed by atoms with Gasteiger partial charge < -0.3 is 4.90 Å². The van der Waals surface area contributed by atoms with E-state index in [2.05, 4.69) is 6.58 Å². The average Bonchev–Trinajstić information content (AvgIpc) is 3.20. The van der Waals surface area contributed by atoms with Crippen LogP contribution < -0.4 is 4.72 Å². The summed E-state index contributed by atoms with van der Waals surface area (Å²) in [7, 11) is -3.88. The van der Waals surface area contributed by atoms with Crippen molar-refractivity contribution >= 4 is 44.5 Å². The Balaban J connectivity index is 2.22. The first-order valence-electron chi connectivity index (χ1n) is 9.79. The highest BCUT2D eigenvalue weighted by molar-refractivity contribution is 8.14. The fraction of sp³-hybridized carbons (Fsp3) is 0.429. The summed E-state index contributed by atoms with van der Waals surface area (Å²) in [6.07, 6.45) is 1.99. The van der Waals surface area contributed by atoms with Gasteiger partial charge in [-0.25, -0.2) is 8.42 Å². The molecule has 31 heavy (non-hydrogen) atoms. The van der Waals surface area contributed by atoms with Gasteiger partial charge >= 0.3 is 0 Å². The molecule has 1 aromatic carbocycles. The van der Waals surface area contributed by atoms with Gasteiger partial charge in [-0.2, -0.15) is 0 Å². The highest BCUT2D eigenvalue weighted by Crippen LogP contribution is 2.29. The van der Waals surface area contributed by atoms with Crippen molar-refractivity contribution in [3.8, 4) is 0 Å². The van der Waals surface area contributed by atoms with Gasteiger partial charge in [0.05, 0.1) is 16.9 Å². The molecule has 10 heteroatoms. The maximum atomic E-state index is 13.2. The molecule has 1 heterocycles. The van der Waals surface area contributed by atoms with E-state index < -0.39 is 44.8 Å². The van der Waals surface area contributed by atoms with Crippen molar-refractivity contribution in [3.63, 3.8) is 0 Å². The zero-order chi connectivity index (χ0) is 23.2. The molecule has 1 saturated heterocycles. The summed E-state index contributed by atoms with van der Waals surface area (Å²) in [5.74, 6) is -2.92. The first-order valence-corrected chi connectivity index (χ1v) is 12.3. The molecule has 3 atom stereocenters. The third-order valence-corrected chi connectivity index (χ3v) is 7.28. The molecular formula is C21H26N2O6S2. The maximum Gasteiger partial charge on any atom is 0.256 e. The molecule has 0 aromatic heterocycles. The van der Waals surface area contributed by atoms with Crippen LogP contribution >= 0.6 is 11.8 Å². The third kappa shape index (κ3) is 6.51. The number of sulfonamides is 1. The zero-order valence-corrected chi connectivity index (χ0v) is 19.1. The minimum absolute atomic E-state index is 0.264. The van der Waals surface area contributed by atoms with E-state index >= 15 is 0 Å². The number of hydrogen-bond acceptors (Lipinski definition) is 7. The SMILES string of the molecule is C=CCS(=O)(=O)NC(=O)C1CCCN1C(=O)[C@H](C)[C@H](SC(C)=O)C(=O)c1ccccc1. The van der Waals surface area contributed by atoms with E-state index in [1.54, 1.807) is 37.3 Å². The van der Waals surface area contributed by atoms with Crippen LogP contribution in [0.15, 0.2) is 43.0 Å². The van der Waals surface area contributed by atoms with Crippen LogP contribution in [0.4, 0.5) is 0 Å². The second-order valence-corrected chi connectivity index (χ2v) is 10.4. The van der Waals surface area contributed by atoms with Crippen LogP contribution in [0.3, 0.4) is 0 Å². The maximum absolute atomic E-state index is 13.2. The molecule has 2 rings (SSSR count). The number of thioether (sulfide) groups is 1. The number of nitrogens with one attached hydrogen (secondary N) is 1. The molecule has 0 spiro atoms. The molecule has 168 valence electrons. The van der Waals surface area contributed by atoms with E-state index in [1.807, 2.05) is 4.72 Å². The van der Waals surface area contributed by atoms with Crippen molar-refractivity contribution < 1.29 is 27.6 Å². The molecule has 1 aliphatic heterocycles. The average molecular weight is 467 g/mol. The van der Waals surface area contributed by atoms with Crippen molar-refractivity contribution in [3.05, 3.63) is 48.6 Å². The number of carbonyl (C=O) groups excluding carboxylic acids is 4. The number of benzene rings is 1. The third-order valence-electron chi connectivity index (χ3n) is 4.89. The van der Waals surface area contributed by atoms with E-state index in [0.29, 0.717) is 18.4 Å². The minimum Gasteiger partial charge on any atom is -0.330 e. The number of hydrogen-bond donors (Lipinski definition) is 1. The highest BCUT2D eigenvalue weighted by Gasteiger charge is 2.41. The zero-order valence-electron chi connectivity index (χ0n) is 17.4. The molecule has 0 radical (unpaired) electrons. The van der Waals surface area contributed by atoms with Crippen LogP contribution in [0, 0.1) is 5.92 Å². The lowest BCUT2D eigenvalue weighted by Crippen LogP contribution is -2.50. The van der Waals surface area contributed by atoms with Gasteiger partial charge in [0.1, 0.15) is 6.04 Å². The Kier molecular flexibility index (Phi) is 8.58. The van der Waals surface area contributed by atoms with Crippen LogP contribution in [0.5, 0.6) is 0 Å². The molecule has 0 saturated carbocycles. The van der Waals surface area contributed by atoms with Gasteiger partial charge in [0, 0.05) is 19.0 Å². The van der Waals surface area contributed by atoms with Gasteiger partial charge in [-0.15, -0.1) is 6.58 Å². The van der Waals surface area contributed by atoms with Gasteiger partial charge in [0.2, 0.25) is 15.9 Å². The number of Topliss-reactive ketones (excluding diaryl/α,β-unsaturated/α-hetero) is 1. The molecule has 8 nitrogen and oxygen atoms in total. The molecule has 0 aliphatic carbocycles. The topological polar surface area (TPSA) is 118 Å². The molecule has 1 aromatic rings. The van der Waals surface area contributed by atoms with Crippen molar-refractivity contribution in [1.82, 2.24) is 9.62 Å². The van der Waals surface area contributed by atoms with Gasteiger partial charge in [0.25, 0.3) is 5.91 Å². The van der Waals surface area contributed by atoms with Crippen LogP contribution in [0.25, 0.3) is 0 Å². The first kappa shape index (κ1) is 24.8. The monoisotopic (exact) mass is 466 g/mol. The molecular weight excluding hydrogens is 440 g/mol. The van der Waals surface area contributed by atoms with Crippen LogP contribution in [0.1, 0.15) is 37.0 Å². The number of rotatable bonds is 9. The summed E-state index contributed by atoms with van der Waals surface area (Å²) in [6, 6.07) is 7.42. The number of ketones is 1. The van der Waals surface area contributed by atoms with E-state index in [-0.39, 0.29) is 17.4 Å². The summed E-state index contributed by atoms with van der Waals surface area (Å²) in [6.45, 7) is 6.48. The lowest BCUT2D eigenvalue weighted by molar-refractivity contribution is -0.140. The van der Waals surface area contributed by atoms with E-state index in [1.165, 1.54) is 11.8 Å². The Morgan fingerprint density at radius 2 is 1.90 bits per heavy atom. The summed E-state index contributed by atoms with van der Waals surface area (Å²) in [5, 5.41) is -1.26. The van der Waals surface area contributed by atoms with Crippen molar-refractivity contribution in [2.45, 2.75) is 38.0 Å². The number of nitrogens with zero attached hydrogens (tertiary/aromatic N) is 1. The Labute approximate surface area is 186 Å². The number of amides is 2. The summed E-state index contributed by atoms with van der Waals surface area (Å²) < 4.78 is 25.8. The van der Waals surface area contributed by atoms with Gasteiger partial charge in [-0.3, -0.25) is 23.9 Å². The highest BCUT2D eigenvalue weighted by atomic mass is 32.2. The molecule has 1 N–H and O–H groups in total. The van der Waals surface area contributed by atoms with Gasteiger partial charge in [-0.05, 0) is 12.8 Å². The normalized spacial score (nSPS) is 18.1. The van der Waals surface area contributed by atoms with E-state index in [0.717, 1.165) is 17.8 Å². The van der Waals surface area contributed by atoms with Gasteiger partial charge in [-0.1, -0.05) is 55.1 Å². The molecule has 0 bridgehead atoms. The van der Waals surface area contributed by atoms with Crippen LogP contribution in [-0.2, 0) is 24.4 Å². The molecule has 1 fully saturated rings. The second-order valence-electron chi connectivity index (χ2n) is 7.28. The van der Waals surface area contributed by atoms with Crippen molar-refractivity contribution in [2.24, 2.45) is 5.92 Å². The van der Waals surface area contributed by atoms with Crippen LogP contribution in [0.2, 0.25) is 0 Å². The summed E-state index contributed by atoms with van der Waals surface area (Å²) in [5.41, 5.74) is 0.382. The number of carbonyl (C=O) groups is 4. The quantitative estimate of drug-likeness (QED) is 0.435. The van der Waals surface area contributed by atoms with Crippen LogP contribution in [-0.4, -0.2) is 59.6 Å². The molecule has 1 unspecified atom stereocenters. The lowest BCUT2D eigenvalue weighted by Gasteiger charge is -2.29. The Bertz CT molecular complexity index is 961. The predicted octanol–water partition coefficient (Wildman–Crippen LogP) is 1.78. The molecule has 2 amide bonds. The lowest BCUT2D eigenvalue weighted by atomic mass is 9.97. The van der Waals surface area contributed by atoms with Crippen molar-refractivity contribution in [2.75, 3.05) is 12.3 Å². The minimum atomic E-state index is -3.88. The van der Waals surface area contributed by atoms with Crippen molar-refractivity contribution in [1.29, 1.82) is 0 Å². The largest absolute Gasteiger partial charge is 0.330 e. The van der Waals surface area contributed by atoms with E-state index in [4.69, 9.17) is 0 Å². The Hall–Kier alpha value is -2.46. The van der Waals surface area contributed by atoms with E-state index in [9.17, 15) is 27.6 Å². The number of likely N-dealkylation sites (tertiary alicyclic amines) is 1. The van der Waals surface area contributed by atoms with Gasteiger partial charge in [0.15, 0.2) is 10.9 Å². The Morgan fingerprint density at radius 3 is 2.48 bits per heavy atom. The standard InChI is InChI=1S/C21H26N2O6S2/c1-4-13-31(28,29)22-20(26)17-11-8-12-23(17)21(27)14(2)19(30-15(3)24)18(25)16-9-6-5-7-10-16/h4-7,9-10,14,17,19H,1,8,11-13H2,2-3H3,(H,22,26)/t14-,17?,19+/m1/s1. The summed E-state index contributed by atoms with van der Waals surface area (Å²) >= 11 is 0.781. The first-order chi connectivity index (χ1) is 14.6. The fourth-order valence-electron chi connectivity index (χ4n) is 3.44.